The van der Waals surface area contributed by atoms with Crippen molar-refractivity contribution in [3.8, 4) is 5.75 Å². The van der Waals surface area contributed by atoms with E-state index in [0.717, 1.165) is 4.47 Å². The monoisotopic (exact) mass is 377 g/mol. The van der Waals surface area contributed by atoms with Crippen molar-refractivity contribution in [2.45, 2.75) is 0 Å². The number of carbonyl (C=O) groups is 1. The number of hydrazone groups is 1. The number of para-hydroxylation sites is 1. The van der Waals surface area contributed by atoms with Gasteiger partial charge in [-0.3, -0.25) is 14.9 Å². The number of hydrogen-bond donors (Lipinski definition) is 1. The second-order valence-electron chi connectivity index (χ2n) is 4.36. The Kier molecular flexibility index (Phi) is 5.81. The summed E-state index contributed by atoms with van der Waals surface area (Å²) in [5.74, 6) is 0.140. The number of hydrogen-bond acceptors (Lipinski definition) is 5. The molecule has 0 fully saturated rings. The first kappa shape index (κ1) is 16.6. The van der Waals surface area contributed by atoms with E-state index in [0.29, 0.717) is 11.3 Å². The first-order valence-electron chi connectivity index (χ1n) is 6.50. The van der Waals surface area contributed by atoms with Gasteiger partial charge in [-0.2, -0.15) is 5.10 Å². The summed E-state index contributed by atoms with van der Waals surface area (Å²) < 4.78 is 6.09. The Morgan fingerprint density at radius 2 is 1.96 bits per heavy atom. The molecule has 8 heteroatoms. The molecule has 0 aliphatic heterocycles. The van der Waals surface area contributed by atoms with Crippen LogP contribution in [0.1, 0.15) is 5.56 Å². The highest BCUT2D eigenvalue weighted by Gasteiger charge is 2.04. The maximum Gasteiger partial charge on any atom is 0.277 e. The highest BCUT2D eigenvalue weighted by atomic mass is 79.9. The molecule has 2 aromatic carbocycles. The third-order valence-electron chi connectivity index (χ3n) is 2.70. The van der Waals surface area contributed by atoms with Crippen molar-refractivity contribution >= 4 is 33.7 Å². The number of carbonyl (C=O) groups excluding carboxylic acids is 1. The molecule has 0 spiro atoms. The molecule has 0 bridgehead atoms. The predicted octanol–water partition coefficient (Wildman–Crippen LogP) is 2.89. The second-order valence-corrected chi connectivity index (χ2v) is 5.22. The number of halogens is 1. The van der Waals surface area contributed by atoms with Crippen LogP contribution in [-0.2, 0) is 4.79 Å². The van der Waals surface area contributed by atoms with E-state index in [1.165, 1.54) is 30.5 Å². The fourth-order valence-corrected chi connectivity index (χ4v) is 2.00. The largest absolute Gasteiger partial charge is 0.483 e. The van der Waals surface area contributed by atoms with Gasteiger partial charge in [0.2, 0.25) is 0 Å². The smallest absolute Gasteiger partial charge is 0.277 e. The van der Waals surface area contributed by atoms with Crippen molar-refractivity contribution in [1.29, 1.82) is 0 Å². The van der Waals surface area contributed by atoms with E-state index in [1.54, 1.807) is 18.2 Å². The molecule has 118 valence electrons. The van der Waals surface area contributed by atoms with E-state index in [2.05, 4.69) is 26.5 Å². The van der Waals surface area contributed by atoms with Crippen molar-refractivity contribution in [2.24, 2.45) is 5.10 Å². The molecule has 0 aromatic heterocycles. The van der Waals surface area contributed by atoms with E-state index in [1.807, 2.05) is 6.07 Å². The van der Waals surface area contributed by atoms with Crippen molar-refractivity contribution in [1.82, 2.24) is 5.43 Å². The number of nitro benzene ring substituents is 1. The fraction of sp³-hybridized carbons (Fsp3) is 0.0667. The molecule has 2 aromatic rings. The molecule has 0 radical (unpaired) electrons. The summed E-state index contributed by atoms with van der Waals surface area (Å²) in [5.41, 5.74) is 2.94. The van der Waals surface area contributed by atoms with Gasteiger partial charge in [0, 0.05) is 12.1 Å². The normalized spacial score (nSPS) is 10.5. The van der Waals surface area contributed by atoms with E-state index < -0.39 is 10.8 Å². The lowest BCUT2D eigenvalue weighted by atomic mass is 10.2. The van der Waals surface area contributed by atoms with E-state index in [-0.39, 0.29) is 12.3 Å². The average Bonchev–Trinajstić information content (AvgIpc) is 2.54. The van der Waals surface area contributed by atoms with Crippen LogP contribution in [0.5, 0.6) is 5.75 Å². The van der Waals surface area contributed by atoms with Crippen LogP contribution in [-0.4, -0.2) is 23.7 Å². The maximum atomic E-state index is 11.6. The summed E-state index contributed by atoms with van der Waals surface area (Å²) in [4.78, 5) is 21.6. The zero-order valence-corrected chi connectivity index (χ0v) is 13.4. The van der Waals surface area contributed by atoms with E-state index in [4.69, 9.17) is 4.74 Å². The lowest BCUT2D eigenvalue weighted by Crippen LogP contribution is -2.24. The molecule has 0 aliphatic carbocycles. The van der Waals surface area contributed by atoms with Gasteiger partial charge in [0.1, 0.15) is 5.75 Å². The van der Waals surface area contributed by atoms with Gasteiger partial charge in [-0.25, -0.2) is 5.43 Å². The number of rotatable bonds is 6. The van der Waals surface area contributed by atoms with E-state index >= 15 is 0 Å². The molecule has 0 saturated heterocycles. The second kappa shape index (κ2) is 8.04. The Morgan fingerprint density at radius 1 is 1.26 bits per heavy atom. The third-order valence-corrected chi connectivity index (χ3v) is 3.36. The summed E-state index contributed by atoms with van der Waals surface area (Å²) in [6.45, 7) is -0.180. The molecule has 1 N–H and O–H groups in total. The quantitative estimate of drug-likeness (QED) is 0.475. The van der Waals surface area contributed by atoms with Gasteiger partial charge in [-0.1, -0.05) is 12.1 Å². The maximum absolute atomic E-state index is 11.6. The summed E-state index contributed by atoms with van der Waals surface area (Å²) in [7, 11) is 0. The molecule has 0 aliphatic rings. The average molecular weight is 378 g/mol. The third kappa shape index (κ3) is 5.19. The Balaban J connectivity index is 1.82. The summed E-state index contributed by atoms with van der Waals surface area (Å²) in [5, 5.41) is 14.3. The zero-order valence-electron chi connectivity index (χ0n) is 11.8. The molecular weight excluding hydrogens is 366 g/mol. The number of nitrogens with zero attached hydrogens (tertiary/aromatic N) is 2. The number of ether oxygens (including phenoxy) is 1. The number of nitro groups is 1. The van der Waals surface area contributed by atoms with Crippen LogP contribution in [0.3, 0.4) is 0 Å². The number of nitrogens with one attached hydrogen (secondary N) is 1. The van der Waals surface area contributed by atoms with E-state index in [9.17, 15) is 14.9 Å². The highest BCUT2D eigenvalue weighted by Crippen LogP contribution is 2.23. The first-order valence-corrected chi connectivity index (χ1v) is 7.29. The molecule has 7 nitrogen and oxygen atoms in total. The molecular formula is C15H12BrN3O4. The van der Waals surface area contributed by atoms with Gasteiger partial charge in [0.15, 0.2) is 6.61 Å². The molecule has 1 amide bonds. The van der Waals surface area contributed by atoms with Crippen LogP contribution in [0.2, 0.25) is 0 Å². The Labute approximate surface area is 140 Å². The summed E-state index contributed by atoms with van der Waals surface area (Å²) in [6.07, 6.45) is 1.39. The summed E-state index contributed by atoms with van der Waals surface area (Å²) in [6, 6.07) is 13.0. The first-order chi connectivity index (χ1) is 11.1. The lowest BCUT2D eigenvalue weighted by Gasteiger charge is -2.06. The standard InChI is InChI=1S/C15H12BrN3O4/c16-13-3-1-2-4-14(13)23-10-15(20)18-17-9-11-5-7-12(8-6-11)19(21)22/h1-9H,10H2,(H,18,20)/b17-9+. The van der Waals surface area contributed by atoms with Crippen LogP contribution >= 0.6 is 15.9 Å². The van der Waals surface area contributed by atoms with Gasteiger partial charge in [0.05, 0.1) is 15.6 Å². The predicted molar refractivity (Wildman–Crippen MR) is 88.5 cm³/mol. The molecule has 23 heavy (non-hydrogen) atoms. The van der Waals surface area contributed by atoms with Gasteiger partial charge >= 0.3 is 0 Å². The van der Waals surface area contributed by atoms with Crippen LogP contribution in [0.15, 0.2) is 58.1 Å². The number of amides is 1. The minimum atomic E-state index is -0.484. The van der Waals surface area contributed by atoms with Crippen molar-refractivity contribution in [3.05, 3.63) is 68.7 Å². The minimum absolute atomic E-state index is 0.00646. The van der Waals surface area contributed by atoms with Crippen LogP contribution < -0.4 is 10.2 Å². The molecule has 2 rings (SSSR count). The number of non-ortho nitro benzene ring substituents is 1. The van der Waals surface area contributed by atoms with Crippen molar-refractivity contribution in [3.63, 3.8) is 0 Å². The van der Waals surface area contributed by atoms with Crippen LogP contribution in [0, 0.1) is 10.1 Å². The van der Waals surface area contributed by atoms with Gasteiger partial charge < -0.3 is 4.74 Å². The topological polar surface area (TPSA) is 93.8 Å². The van der Waals surface area contributed by atoms with Gasteiger partial charge in [-0.05, 0) is 45.8 Å². The van der Waals surface area contributed by atoms with Crippen LogP contribution in [0.25, 0.3) is 0 Å². The molecule has 0 unspecified atom stereocenters. The molecule has 0 heterocycles. The van der Waals surface area contributed by atoms with Crippen molar-refractivity contribution < 1.29 is 14.5 Å². The Bertz CT molecular complexity index is 732. The highest BCUT2D eigenvalue weighted by molar-refractivity contribution is 9.10. The fourth-order valence-electron chi connectivity index (χ4n) is 1.60. The van der Waals surface area contributed by atoms with Crippen LogP contribution in [0.4, 0.5) is 5.69 Å². The Hall–Kier alpha value is -2.74. The molecule has 0 atom stereocenters. The van der Waals surface area contributed by atoms with Crippen molar-refractivity contribution in [2.75, 3.05) is 6.61 Å². The SMILES string of the molecule is O=C(COc1ccccc1Br)N/N=C/c1ccc([N+](=O)[O-])cc1. The Morgan fingerprint density at radius 3 is 2.61 bits per heavy atom. The minimum Gasteiger partial charge on any atom is -0.483 e. The lowest BCUT2D eigenvalue weighted by molar-refractivity contribution is -0.384. The van der Waals surface area contributed by atoms with Gasteiger partial charge in [0.25, 0.3) is 11.6 Å². The molecule has 0 saturated carbocycles. The number of benzene rings is 2. The zero-order chi connectivity index (χ0) is 16.7. The van der Waals surface area contributed by atoms with Gasteiger partial charge in [-0.15, -0.1) is 0 Å². The summed E-state index contributed by atoms with van der Waals surface area (Å²) >= 11 is 3.31.